The number of nitrogens with zero attached hydrogens (tertiary/aromatic N) is 1. The first kappa shape index (κ1) is 22.0. The molecule has 0 fully saturated rings. The summed E-state index contributed by atoms with van der Waals surface area (Å²) in [4.78, 5) is 23.3. The van der Waals surface area contributed by atoms with Crippen molar-refractivity contribution in [3.05, 3.63) is 30.6 Å². The predicted octanol–water partition coefficient (Wildman–Crippen LogP) is 0.583. The molecule has 1 atom stereocenters. The second-order valence-electron chi connectivity index (χ2n) is 4.45. The Balaban J connectivity index is 0.000000754. The molecule has 0 amide bonds. The first-order valence-electron chi connectivity index (χ1n) is 7.46. The second-order valence-corrected chi connectivity index (χ2v) is 6.14. The topological polar surface area (TPSA) is 114 Å². The number of rotatable bonds is 7. The summed E-state index contributed by atoms with van der Waals surface area (Å²) in [5.41, 5.74) is 0. The molecule has 0 spiro atoms. The van der Waals surface area contributed by atoms with Crippen LogP contribution < -0.4 is 4.57 Å². The third-order valence-electron chi connectivity index (χ3n) is 2.68. The van der Waals surface area contributed by atoms with Crippen molar-refractivity contribution in [3.8, 4) is 0 Å². The number of carbonyl (C=O) groups is 2. The second kappa shape index (κ2) is 11.5. The minimum atomic E-state index is -3.91. The first-order valence-corrected chi connectivity index (χ1v) is 9.04. The number of ether oxygens (including phenoxy) is 2. The molecule has 24 heavy (non-hydrogen) atoms. The van der Waals surface area contributed by atoms with E-state index in [0.717, 1.165) is 0 Å². The van der Waals surface area contributed by atoms with Crippen LogP contribution in [0.4, 0.5) is 0 Å². The average Bonchev–Trinajstić information content (AvgIpc) is 2.54. The summed E-state index contributed by atoms with van der Waals surface area (Å²) < 4.78 is 39.8. The van der Waals surface area contributed by atoms with Crippen LogP contribution in [0.15, 0.2) is 30.6 Å². The molecule has 0 bridgehead atoms. The average molecular weight is 361 g/mol. The Morgan fingerprint density at radius 2 is 1.54 bits per heavy atom. The molecule has 0 aromatic carbocycles. The molecule has 0 aliphatic heterocycles. The maximum Gasteiger partial charge on any atom is 0.376 e. The van der Waals surface area contributed by atoms with E-state index < -0.39 is 28.1 Å². The van der Waals surface area contributed by atoms with Crippen LogP contribution >= 0.6 is 0 Å². The fourth-order valence-electron chi connectivity index (χ4n) is 1.55. The van der Waals surface area contributed by atoms with Crippen molar-refractivity contribution in [2.45, 2.75) is 33.2 Å². The highest BCUT2D eigenvalue weighted by atomic mass is 32.2. The zero-order valence-corrected chi connectivity index (χ0v) is 14.8. The van der Waals surface area contributed by atoms with Gasteiger partial charge in [0.05, 0.1) is 23.3 Å². The molecule has 136 valence electrons. The Labute approximate surface area is 142 Å². The lowest BCUT2D eigenvalue weighted by molar-refractivity contribution is -0.710. The van der Waals surface area contributed by atoms with Gasteiger partial charge < -0.3 is 14.0 Å². The molecule has 0 aliphatic rings. The van der Waals surface area contributed by atoms with Gasteiger partial charge in [0.25, 0.3) is 6.04 Å². The summed E-state index contributed by atoms with van der Waals surface area (Å²) in [5.74, 6) is -1.15. The summed E-state index contributed by atoms with van der Waals surface area (Å²) in [7, 11) is -3.91. The van der Waals surface area contributed by atoms with Crippen LogP contribution in [0.3, 0.4) is 0 Å². The van der Waals surface area contributed by atoms with Crippen LogP contribution in [-0.4, -0.2) is 43.9 Å². The van der Waals surface area contributed by atoms with Crippen molar-refractivity contribution in [1.29, 1.82) is 0 Å². The van der Waals surface area contributed by atoms with Gasteiger partial charge in [0, 0.05) is 17.9 Å². The van der Waals surface area contributed by atoms with E-state index in [2.05, 4.69) is 0 Å². The lowest BCUT2D eigenvalue weighted by atomic mass is 10.2. The fraction of sp³-hybridized carbons (Fsp3) is 0.533. The van der Waals surface area contributed by atoms with Gasteiger partial charge in [-0.15, -0.1) is 0 Å². The van der Waals surface area contributed by atoms with Gasteiger partial charge in [0.1, 0.15) is 6.42 Å². The summed E-state index contributed by atoms with van der Waals surface area (Å²) in [6.45, 7) is 5.35. The van der Waals surface area contributed by atoms with Crippen LogP contribution in [-0.2, 0) is 29.2 Å². The van der Waals surface area contributed by atoms with Crippen LogP contribution in [0.1, 0.15) is 33.2 Å². The van der Waals surface area contributed by atoms with Gasteiger partial charge in [-0.05, 0) is 13.8 Å². The summed E-state index contributed by atoms with van der Waals surface area (Å²) in [6.07, 6.45) is 3.42. The number of carbonyl (C=O) groups excluding carboxylic acids is 2. The van der Waals surface area contributed by atoms with Gasteiger partial charge in [0.15, 0.2) is 12.4 Å². The quantitative estimate of drug-likeness (QED) is 0.396. The Morgan fingerprint density at radius 3 is 1.96 bits per heavy atom. The molecular weight excluding hydrogens is 338 g/mol. The smallest absolute Gasteiger partial charge is 0.376 e. The molecule has 1 unspecified atom stereocenters. The van der Waals surface area contributed by atoms with Crippen molar-refractivity contribution in [1.82, 2.24) is 0 Å². The van der Waals surface area contributed by atoms with Gasteiger partial charge in [-0.2, -0.15) is 4.57 Å². The van der Waals surface area contributed by atoms with Crippen LogP contribution in [0.2, 0.25) is 0 Å². The van der Waals surface area contributed by atoms with Gasteiger partial charge in [-0.1, -0.05) is 13.0 Å². The Morgan fingerprint density at radius 1 is 1.04 bits per heavy atom. The molecule has 0 N–H and O–H groups in total. The van der Waals surface area contributed by atoms with E-state index in [1.165, 1.54) is 6.92 Å². The molecule has 0 aliphatic carbocycles. The SMILES string of the molecule is CCOC(=O)CC(C(=O)OCC)[n+]1ccccc1.CCS(=O)(=O)[O-]. The highest BCUT2D eigenvalue weighted by Crippen LogP contribution is 2.07. The summed E-state index contributed by atoms with van der Waals surface area (Å²) in [5, 5.41) is 0. The standard InChI is InChI=1S/C13H18NO4.C2H6O3S/c1-3-17-12(15)10-11(13(16)18-4-2)14-8-6-5-7-9-14;1-2-6(3,4)5/h5-9,11H,3-4,10H2,1-2H3;2H2,1H3,(H,3,4,5)/q+1;/p-1. The number of pyridine rings is 1. The van der Waals surface area contributed by atoms with Gasteiger partial charge in [-0.3, -0.25) is 4.79 Å². The lowest BCUT2D eigenvalue weighted by Gasteiger charge is -2.10. The van der Waals surface area contributed by atoms with Crippen molar-refractivity contribution in [2.24, 2.45) is 0 Å². The minimum absolute atomic E-state index is 0.0264. The third kappa shape index (κ3) is 9.90. The molecule has 9 heteroatoms. The minimum Gasteiger partial charge on any atom is -0.748 e. The normalized spacial score (nSPS) is 11.7. The van der Waals surface area contributed by atoms with Crippen LogP contribution in [0.5, 0.6) is 0 Å². The van der Waals surface area contributed by atoms with Crippen molar-refractivity contribution in [2.75, 3.05) is 19.0 Å². The van der Waals surface area contributed by atoms with Crippen LogP contribution in [0.25, 0.3) is 0 Å². The van der Waals surface area contributed by atoms with E-state index >= 15 is 0 Å². The Bertz CT molecular complexity index is 602. The summed E-state index contributed by atoms with van der Waals surface area (Å²) >= 11 is 0. The van der Waals surface area contributed by atoms with E-state index in [-0.39, 0.29) is 18.8 Å². The zero-order valence-electron chi connectivity index (χ0n) is 14.0. The van der Waals surface area contributed by atoms with Crippen molar-refractivity contribution >= 4 is 22.1 Å². The molecule has 0 saturated heterocycles. The number of hydrogen-bond donors (Lipinski definition) is 0. The molecule has 1 rings (SSSR count). The largest absolute Gasteiger partial charge is 0.748 e. The summed E-state index contributed by atoms with van der Waals surface area (Å²) in [6, 6.07) is 4.74. The highest BCUT2D eigenvalue weighted by Gasteiger charge is 2.32. The Kier molecular flexibility index (Phi) is 10.6. The molecule has 1 heterocycles. The van der Waals surface area contributed by atoms with Gasteiger partial charge >= 0.3 is 11.9 Å². The zero-order chi connectivity index (χ0) is 18.6. The lowest BCUT2D eigenvalue weighted by Crippen LogP contribution is -2.45. The number of esters is 2. The predicted molar refractivity (Wildman–Crippen MR) is 83.8 cm³/mol. The molecule has 0 radical (unpaired) electrons. The van der Waals surface area contributed by atoms with Crippen LogP contribution in [0, 0.1) is 0 Å². The third-order valence-corrected chi connectivity index (χ3v) is 3.38. The molecule has 8 nitrogen and oxygen atoms in total. The Hall–Kier alpha value is -2.00. The number of aromatic nitrogens is 1. The maximum absolute atomic E-state index is 11.8. The molecule has 1 aromatic rings. The molecule has 1 aromatic heterocycles. The highest BCUT2D eigenvalue weighted by molar-refractivity contribution is 7.85. The van der Waals surface area contributed by atoms with Crippen molar-refractivity contribution in [3.63, 3.8) is 0 Å². The molecular formula is C15H23NO7S. The van der Waals surface area contributed by atoms with E-state index in [4.69, 9.17) is 9.47 Å². The monoisotopic (exact) mass is 361 g/mol. The van der Waals surface area contributed by atoms with E-state index in [1.807, 2.05) is 6.07 Å². The fourth-order valence-corrected chi connectivity index (χ4v) is 1.55. The van der Waals surface area contributed by atoms with E-state index in [9.17, 15) is 22.6 Å². The van der Waals surface area contributed by atoms with E-state index in [0.29, 0.717) is 6.61 Å². The van der Waals surface area contributed by atoms with Gasteiger partial charge in [0.2, 0.25) is 0 Å². The maximum atomic E-state index is 11.8. The van der Waals surface area contributed by atoms with Crippen molar-refractivity contribution < 1.29 is 36.6 Å². The van der Waals surface area contributed by atoms with Gasteiger partial charge in [-0.25, -0.2) is 13.2 Å². The van der Waals surface area contributed by atoms with E-state index in [1.54, 1.807) is 42.9 Å². The first-order chi connectivity index (χ1) is 11.2. The number of hydrogen-bond acceptors (Lipinski definition) is 7. The molecule has 0 saturated carbocycles.